The van der Waals surface area contributed by atoms with Crippen LogP contribution in [0.5, 0.6) is 0 Å². The molecule has 1 aromatic heterocycles. The molecule has 0 N–H and O–H groups in total. The van der Waals surface area contributed by atoms with E-state index in [1.807, 2.05) is 0 Å². The Morgan fingerprint density at radius 3 is 2.46 bits per heavy atom. The molecule has 13 heavy (non-hydrogen) atoms. The van der Waals surface area contributed by atoms with E-state index in [0.717, 1.165) is 0 Å². The van der Waals surface area contributed by atoms with Crippen LogP contribution in [0.4, 0.5) is 0 Å². The Kier molecular flexibility index (Phi) is 1.55. The predicted octanol–water partition coefficient (Wildman–Crippen LogP) is -0.159. The van der Waals surface area contributed by atoms with E-state index in [0.29, 0.717) is 11.1 Å². The summed E-state index contributed by atoms with van der Waals surface area (Å²) in [6, 6.07) is 0. The van der Waals surface area contributed by atoms with Crippen molar-refractivity contribution >= 4 is 11.6 Å². The average Bonchev–Trinajstić information content (AvgIpc) is 2.12. The predicted molar refractivity (Wildman–Crippen MR) is 43.2 cm³/mol. The molecule has 0 saturated heterocycles. The molecule has 0 aromatic carbocycles. The van der Waals surface area contributed by atoms with Gasteiger partial charge in [0, 0.05) is 0 Å². The molecule has 64 valence electrons. The van der Waals surface area contributed by atoms with Gasteiger partial charge in [-0.15, -0.1) is 0 Å². The van der Waals surface area contributed by atoms with Gasteiger partial charge in [-0.1, -0.05) is 4.68 Å². The number of rotatable bonds is 0. The van der Waals surface area contributed by atoms with E-state index in [1.165, 1.54) is 23.0 Å². The highest BCUT2D eigenvalue weighted by molar-refractivity contribution is 6.21. The Balaban J connectivity index is 2.69. The van der Waals surface area contributed by atoms with Crippen LogP contribution in [0, 0.1) is 0 Å². The van der Waals surface area contributed by atoms with Gasteiger partial charge in [-0.25, -0.2) is 0 Å². The third kappa shape index (κ3) is 1.16. The van der Waals surface area contributed by atoms with E-state index in [1.54, 1.807) is 13.2 Å². The molecule has 0 unspecified atom stereocenters. The molecular formula is C9H7N2O2+. The number of ketones is 2. The zero-order chi connectivity index (χ0) is 9.42. The van der Waals surface area contributed by atoms with Gasteiger partial charge >= 0.3 is 0 Å². The molecule has 0 fully saturated rings. The summed E-state index contributed by atoms with van der Waals surface area (Å²) in [4.78, 5) is 22.6. The quantitative estimate of drug-likeness (QED) is 0.515. The number of carbonyl (C=O) groups is 2. The SMILES string of the molecule is C[n+]1cc2c(cn1)C(=O)C=CC2=O. The lowest BCUT2D eigenvalue weighted by Gasteiger charge is -2.03. The van der Waals surface area contributed by atoms with Gasteiger partial charge in [0.1, 0.15) is 11.8 Å². The Hall–Kier alpha value is -1.84. The maximum atomic E-state index is 11.3. The summed E-state index contributed by atoms with van der Waals surface area (Å²) in [5.41, 5.74) is 0.801. The summed E-state index contributed by atoms with van der Waals surface area (Å²) in [7, 11) is 1.70. The summed E-state index contributed by atoms with van der Waals surface area (Å²) >= 11 is 0. The first kappa shape index (κ1) is 7.79. The first-order valence-electron chi connectivity index (χ1n) is 3.81. The molecule has 2 rings (SSSR count). The van der Waals surface area contributed by atoms with E-state index < -0.39 is 0 Å². The lowest BCUT2D eigenvalue weighted by atomic mass is 9.98. The fourth-order valence-electron chi connectivity index (χ4n) is 1.23. The minimum absolute atomic E-state index is 0.146. The van der Waals surface area contributed by atoms with Gasteiger partial charge in [0.25, 0.3) is 0 Å². The molecular weight excluding hydrogens is 168 g/mol. The lowest BCUT2D eigenvalue weighted by molar-refractivity contribution is -0.731. The minimum atomic E-state index is -0.164. The number of hydrogen-bond acceptors (Lipinski definition) is 3. The van der Waals surface area contributed by atoms with Crippen molar-refractivity contribution in [3.05, 3.63) is 35.7 Å². The van der Waals surface area contributed by atoms with Crippen LogP contribution in [-0.4, -0.2) is 16.7 Å². The van der Waals surface area contributed by atoms with Crippen LogP contribution in [0.25, 0.3) is 0 Å². The van der Waals surface area contributed by atoms with E-state index in [4.69, 9.17) is 0 Å². The van der Waals surface area contributed by atoms with Crippen molar-refractivity contribution in [2.24, 2.45) is 7.05 Å². The number of fused-ring (bicyclic) bond motifs is 1. The first-order chi connectivity index (χ1) is 6.18. The number of hydrogen-bond donors (Lipinski definition) is 0. The second-order valence-electron chi connectivity index (χ2n) is 2.84. The fourth-order valence-corrected chi connectivity index (χ4v) is 1.23. The summed E-state index contributed by atoms with van der Waals surface area (Å²) in [5.74, 6) is -0.310. The van der Waals surface area contributed by atoms with Crippen molar-refractivity contribution in [3.8, 4) is 0 Å². The number of allylic oxidation sites excluding steroid dienone is 2. The molecule has 4 heteroatoms. The van der Waals surface area contributed by atoms with Crippen LogP contribution in [0.1, 0.15) is 20.7 Å². The van der Waals surface area contributed by atoms with Gasteiger partial charge in [0.2, 0.25) is 6.20 Å². The molecule has 0 spiro atoms. The molecule has 0 radical (unpaired) electrons. The molecule has 0 bridgehead atoms. The Morgan fingerprint density at radius 2 is 1.77 bits per heavy atom. The van der Waals surface area contributed by atoms with E-state index in [2.05, 4.69) is 5.10 Å². The Labute approximate surface area is 74.5 Å². The van der Waals surface area contributed by atoms with Gasteiger partial charge in [-0.2, -0.15) is 0 Å². The van der Waals surface area contributed by atoms with Crippen LogP contribution in [0.2, 0.25) is 0 Å². The largest absolute Gasteiger partial charge is 0.289 e. The topological polar surface area (TPSA) is 50.9 Å². The molecule has 1 heterocycles. The van der Waals surface area contributed by atoms with Crippen LogP contribution < -0.4 is 4.68 Å². The highest BCUT2D eigenvalue weighted by Gasteiger charge is 2.22. The Bertz CT molecular complexity index is 435. The van der Waals surface area contributed by atoms with Crippen molar-refractivity contribution in [1.82, 2.24) is 5.10 Å². The maximum absolute atomic E-state index is 11.3. The zero-order valence-corrected chi connectivity index (χ0v) is 7.02. The molecule has 0 aliphatic heterocycles. The van der Waals surface area contributed by atoms with Gasteiger partial charge in [0.15, 0.2) is 18.6 Å². The number of aromatic nitrogens is 2. The third-order valence-corrected chi connectivity index (χ3v) is 1.89. The van der Waals surface area contributed by atoms with Crippen LogP contribution >= 0.6 is 0 Å². The van der Waals surface area contributed by atoms with Crippen LogP contribution in [0.3, 0.4) is 0 Å². The molecule has 0 atom stereocenters. The molecule has 0 amide bonds. The first-order valence-corrected chi connectivity index (χ1v) is 3.81. The van der Waals surface area contributed by atoms with Crippen LogP contribution in [-0.2, 0) is 7.05 Å². The summed E-state index contributed by atoms with van der Waals surface area (Å²) in [6.07, 6.45) is 5.52. The van der Waals surface area contributed by atoms with Crippen LogP contribution in [0.15, 0.2) is 24.5 Å². The summed E-state index contributed by atoms with van der Waals surface area (Å²) in [5, 5.41) is 3.89. The fraction of sp³-hybridized carbons (Fsp3) is 0.111. The van der Waals surface area contributed by atoms with E-state index >= 15 is 0 Å². The van der Waals surface area contributed by atoms with E-state index in [9.17, 15) is 9.59 Å². The van der Waals surface area contributed by atoms with Crippen molar-refractivity contribution in [3.63, 3.8) is 0 Å². The molecule has 4 nitrogen and oxygen atoms in total. The van der Waals surface area contributed by atoms with Crippen molar-refractivity contribution < 1.29 is 14.3 Å². The smallest absolute Gasteiger partial charge is 0.207 e. The standard InChI is InChI=1S/C9H7N2O2/c1-11-5-7-6(4-10-11)8(12)2-3-9(7)13/h2-5H,1H3/q+1. The third-order valence-electron chi connectivity index (χ3n) is 1.89. The zero-order valence-electron chi connectivity index (χ0n) is 7.02. The lowest BCUT2D eigenvalue weighted by Crippen LogP contribution is -2.35. The minimum Gasteiger partial charge on any atom is -0.289 e. The van der Waals surface area contributed by atoms with Gasteiger partial charge in [0.05, 0.1) is 5.56 Å². The number of nitrogens with zero attached hydrogens (tertiary/aromatic N) is 2. The van der Waals surface area contributed by atoms with Gasteiger partial charge in [-0.05, 0) is 17.3 Å². The maximum Gasteiger partial charge on any atom is 0.207 e. The van der Waals surface area contributed by atoms with Crippen molar-refractivity contribution in [1.29, 1.82) is 0 Å². The molecule has 1 aliphatic rings. The molecule has 1 aliphatic carbocycles. The van der Waals surface area contributed by atoms with E-state index in [-0.39, 0.29) is 11.6 Å². The van der Waals surface area contributed by atoms with Crippen molar-refractivity contribution in [2.75, 3.05) is 0 Å². The molecule has 1 aromatic rings. The van der Waals surface area contributed by atoms with Crippen molar-refractivity contribution in [2.45, 2.75) is 0 Å². The summed E-state index contributed by atoms with van der Waals surface area (Å²) in [6.45, 7) is 0. The van der Waals surface area contributed by atoms with Gasteiger partial charge < -0.3 is 0 Å². The summed E-state index contributed by atoms with van der Waals surface area (Å²) < 4.78 is 1.50. The number of carbonyl (C=O) groups excluding carboxylic acids is 2. The normalized spacial score (nSPS) is 14.5. The highest BCUT2D eigenvalue weighted by atomic mass is 16.1. The average molecular weight is 175 g/mol. The highest BCUT2D eigenvalue weighted by Crippen LogP contribution is 2.12. The molecule has 0 saturated carbocycles. The van der Waals surface area contributed by atoms with Gasteiger partial charge in [-0.3, -0.25) is 9.59 Å². The second kappa shape index (κ2) is 2.58. The monoisotopic (exact) mass is 175 g/mol. The number of aryl methyl sites for hydroxylation is 1. The Morgan fingerprint density at radius 1 is 1.15 bits per heavy atom. The second-order valence-corrected chi connectivity index (χ2v) is 2.84.